The minimum atomic E-state index is 0.748. The van der Waals surface area contributed by atoms with E-state index in [1.807, 2.05) is 31.3 Å². The zero-order valence-corrected chi connectivity index (χ0v) is 11.4. The highest BCUT2D eigenvalue weighted by Gasteiger charge is 2.00. The lowest BCUT2D eigenvalue weighted by atomic mass is 10.2. The van der Waals surface area contributed by atoms with Crippen LogP contribution in [0.5, 0.6) is 5.75 Å². The first-order valence-corrected chi connectivity index (χ1v) is 6.39. The summed E-state index contributed by atoms with van der Waals surface area (Å²) in [6, 6.07) is 7.94. The third-order valence-corrected chi connectivity index (χ3v) is 2.84. The van der Waals surface area contributed by atoms with E-state index in [1.54, 1.807) is 13.3 Å². The Kier molecular flexibility index (Phi) is 4.86. The average Bonchev–Trinajstić information content (AvgIpc) is 2.44. The summed E-state index contributed by atoms with van der Waals surface area (Å²) in [5, 5.41) is 3.38. The van der Waals surface area contributed by atoms with Gasteiger partial charge in [-0.05, 0) is 31.5 Å². The summed E-state index contributed by atoms with van der Waals surface area (Å²) in [6.45, 7) is 3.63. The van der Waals surface area contributed by atoms with Crippen LogP contribution in [-0.4, -0.2) is 23.6 Å². The number of nitrogens with one attached hydrogen (secondary N) is 1. The van der Waals surface area contributed by atoms with Gasteiger partial charge in [-0.3, -0.25) is 9.97 Å². The second-order valence-corrected chi connectivity index (χ2v) is 4.43. The quantitative estimate of drug-likeness (QED) is 0.805. The van der Waals surface area contributed by atoms with E-state index in [4.69, 9.17) is 4.74 Å². The Bertz CT molecular complexity index is 514. The zero-order valence-electron chi connectivity index (χ0n) is 11.4. The third kappa shape index (κ3) is 4.34. The fraction of sp³-hybridized carbons (Fsp3) is 0.333. The molecular formula is C15H19N3O. The first-order chi connectivity index (χ1) is 9.28. The minimum Gasteiger partial charge on any atom is -0.497 e. The predicted molar refractivity (Wildman–Crippen MR) is 75.2 cm³/mol. The first kappa shape index (κ1) is 13.5. The molecule has 2 aromatic rings. The number of hydrogen-bond acceptors (Lipinski definition) is 4. The van der Waals surface area contributed by atoms with Gasteiger partial charge in [0.2, 0.25) is 0 Å². The number of aromatic nitrogens is 2. The Hall–Kier alpha value is -1.94. The van der Waals surface area contributed by atoms with Crippen molar-refractivity contribution in [2.75, 3.05) is 13.7 Å². The van der Waals surface area contributed by atoms with Crippen LogP contribution < -0.4 is 10.1 Å². The summed E-state index contributed by atoms with van der Waals surface area (Å²) in [7, 11) is 1.67. The van der Waals surface area contributed by atoms with Gasteiger partial charge >= 0.3 is 0 Å². The molecule has 4 heteroatoms. The van der Waals surface area contributed by atoms with Crippen molar-refractivity contribution in [2.24, 2.45) is 0 Å². The maximum Gasteiger partial charge on any atom is 0.122 e. The van der Waals surface area contributed by atoms with E-state index in [-0.39, 0.29) is 0 Å². The van der Waals surface area contributed by atoms with Crippen LogP contribution in [-0.2, 0) is 13.0 Å². The number of rotatable bonds is 6. The molecule has 0 saturated heterocycles. The van der Waals surface area contributed by atoms with Gasteiger partial charge in [0.25, 0.3) is 0 Å². The molecule has 0 amide bonds. The standard InChI is InChI=1S/C15H19N3O/c1-12-8-15(19-2)9-14(18-12)11-17-7-5-13-4-3-6-16-10-13/h3-4,6,8-10,17H,5,7,11H2,1-2H3. The van der Waals surface area contributed by atoms with Gasteiger partial charge < -0.3 is 10.1 Å². The Morgan fingerprint density at radius 1 is 1.32 bits per heavy atom. The second kappa shape index (κ2) is 6.85. The number of aryl methyl sites for hydroxylation is 1. The van der Waals surface area contributed by atoms with Gasteiger partial charge in [-0.1, -0.05) is 6.07 Å². The van der Waals surface area contributed by atoms with Crippen molar-refractivity contribution in [1.29, 1.82) is 0 Å². The molecule has 100 valence electrons. The highest BCUT2D eigenvalue weighted by molar-refractivity contribution is 5.26. The smallest absolute Gasteiger partial charge is 0.122 e. The number of methoxy groups -OCH3 is 1. The number of pyridine rings is 2. The molecule has 0 fully saturated rings. The van der Waals surface area contributed by atoms with Crippen molar-refractivity contribution in [3.8, 4) is 5.75 Å². The van der Waals surface area contributed by atoms with Crippen molar-refractivity contribution in [2.45, 2.75) is 19.9 Å². The summed E-state index contributed by atoms with van der Waals surface area (Å²) in [4.78, 5) is 8.57. The Morgan fingerprint density at radius 3 is 2.95 bits per heavy atom. The molecule has 0 bridgehead atoms. The molecule has 2 aromatic heterocycles. The van der Waals surface area contributed by atoms with Gasteiger partial charge in [0.05, 0.1) is 12.8 Å². The van der Waals surface area contributed by atoms with Gasteiger partial charge in [0.15, 0.2) is 0 Å². The average molecular weight is 257 g/mol. The largest absolute Gasteiger partial charge is 0.497 e. The van der Waals surface area contributed by atoms with E-state index < -0.39 is 0 Å². The lowest BCUT2D eigenvalue weighted by molar-refractivity contribution is 0.412. The maximum absolute atomic E-state index is 5.24. The van der Waals surface area contributed by atoms with Crippen LogP contribution in [0.2, 0.25) is 0 Å². The Balaban J connectivity index is 1.81. The van der Waals surface area contributed by atoms with Gasteiger partial charge in [-0.15, -0.1) is 0 Å². The summed E-state index contributed by atoms with van der Waals surface area (Å²) < 4.78 is 5.24. The van der Waals surface area contributed by atoms with E-state index in [9.17, 15) is 0 Å². The fourth-order valence-corrected chi connectivity index (χ4v) is 1.91. The van der Waals surface area contributed by atoms with Crippen molar-refractivity contribution >= 4 is 0 Å². The van der Waals surface area contributed by atoms with E-state index >= 15 is 0 Å². The monoisotopic (exact) mass is 257 g/mol. The molecule has 2 rings (SSSR count). The fourth-order valence-electron chi connectivity index (χ4n) is 1.91. The van der Waals surface area contributed by atoms with E-state index in [1.165, 1.54) is 5.56 Å². The van der Waals surface area contributed by atoms with Crippen molar-refractivity contribution in [3.05, 3.63) is 53.6 Å². The maximum atomic E-state index is 5.24. The molecule has 4 nitrogen and oxygen atoms in total. The van der Waals surface area contributed by atoms with E-state index in [0.717, 1.165) is 36.6 Å². The zero-order chi connectivity index (χ0) is 13.5. The molecule has 0 unspecified atom stereocenters. The van der Waals surface area contributed by atoms with Crippen molar-refractivity contribution < 1.29 is 4.74 Å². The van der Waals surface area contributed by atoms with Gasteiger partial charge in [0.1, 0.15) is 5.75 Å². The third-order valence-electron chi connectivity index (χ3n) is 2.84. The second-order valence-electron chi connectivity index (χ2n) is 4.43. The summed E-state index contributed by atoms with van der Waals surface area (Å²) in [5.74, 6) is 0.858. The molecule has 0 aliphatic rings. The summed E-state index contributed by atoms with van der Waals surface area (Å²) in [5.41, 5.74) is 3.22. The van der Waals surface area contributed by atoms with Gasteiger partial charge in [-0.2, -0.15) is 0 Å². The molecule has 0 aromatic carbocycles. The normalized spacial score (nSPS) is 10.4. The predicted octanol–water partition coefficient (Wildman–Crippen LogP) is 2.13. The molecule has 0 radical (unpaired) electrons. The Morgan fingerprint density at radius 2 is 2.21 bits per heavy atom. The molecule has 19 heavy (non-hydrogen) atoms. The topological polar surface area (TPSA) is 47.0 Å². The number of nitrogens with zero attached hydrogens (tertiary/aromatic N) is 2. The van der Waals surface area contributed by atoms with Gasteiger partial charge in [0, 0.05) is 36.8 Å². The first-order valence-electron chi connectivity index (χ1n) is 6.39. The lowest BCUT2D eigenvalue weighted by Gasteiger charge is -2.07. The molecule has 0 atom stereocenters. The number of hydrogen-bond donors (Lipinski definition) is 1. The molecule has 0 saturated carbocycles. The molecule has 1 N–H and O–H groups in total. The van der Waals surface area contributed by atoms with E-state index in [2.05, 4.69) is 21.4 Å². The molecule has 0 aliphatic heterocycles. The van der Waals surface area contributed by atoms with Crippen LogP contribution >= 0.6 is 0 Å². The van der Waals surface area contributed by atoms with Crippen LogP contribution in [0.15, 0.2) is 36.7 Å². The molecule has 0 spiro atoms. The summed E-state index contributed by atoms with van der Waals surface area (Å²) >= 11 is 0. The van der Waals surface area contributed by atoms with Crippen LogP contribution in [0.3, 0.4) is 0 Å². The van der Waals surface area contributed by atoms with Crippen LogP contribution in [0.25, 0.3) is 0 Å². The highest BCUT2D eigenvalue weighted by atomic mass is 16.5. The molecule has 2 heterocycles. The summed E-state index contributed by atoms with van der Waals surface area (Å²) in [6.07, 6.45) is 4.66. The minimum absolute atomic E-state index is 0.748. The van der Waals surface area contributed by atoms with Crippen LogP contribution in [0, 0.1) is 6.92 Å². The van der Waals surface area contributed by atoms with Crippen LogP contribution in [0.1, 0.15) is 17.0 Å². The van der Waals surface area contributed by atoms with E-state index in [0.29, 0.717) is 0 Å². The Labute approximate surface area is 113 Å². The molecular weight excluding hydrogens is 238 g/mol. The van der Waals surface area contributed by atoms with Crippen molar-refractivity contribution in [3.63, 3.8) is 0 Å². The van der Waals surface area contributed by atoms with Gasteiger partial charge in [-0.25, -0.2) is 0 Å². The number of ether oxygens (including phenoxy) is 1. The van der Waals surface area contributed by atoms with Crippen LogP contribution in [0.4, 0.5) is 0 Å². The van der Waals surface area contributed by atoms with Crippen molar-refractivity contribution in [1.82, 2.24) is 15.3 Å². The SMILES string of the molecule is COc1cc(C)nc(CNCCc2cccnc2)c1. The lowest BCUT2D eigenvalue weighted by Crippen LogP contribution is -2.17. The molecule has 0 aliphatic carbocycles. The highest BCUT2D eigenvalue weighted by Crippen LogP contribution is 2.12.